The lowest BCUT2D eigenvalue weighted by atomic mass is 10.0. The zero-order chi connectivity index (χ0) is 14.5. The van der Waals surface area contributed by atoms with Crippen molar-refractivity contribution in [3.8, 4) is 5.75 Å². The van der Waals surface area contributed by atoms with Crippen LogP contribution < -0.4 is 10.5 Å². The highest BCUT2D eigenvalue weighted by Gasteiger charge is 2.08. The van der Waals surface area contributed by atoms with Crippen LogP contribution in [0.4, 0.5) is 5.69 Å². The van der Waals surface area contributed by atoms with Crippen molar-refractivity contribution in [2.24, 2.45) is 0 Å². The second kappa shape index (κ2) is 6.80. The van der Waals surface area contributed by atoms with Gasteiger partial charge in [-0.05, 0) is 58.5 Å². The Labute approximate surface area is 129 Å². The molecule has 0 amide bonds. The van der Waals surface area contributed by atoms with Crippen LogP contribution in [0.1, 0.15) is 30.5 Å². The molecular weight excluding hydrogens is 314 g/mol. The summed E-state index contributed by atoms with van der Waals surface area (Å²) < 4.78 is 6.48. The van der Waals surface area contributed by atoms with Gasteiger partial charge in [-0.3, -0.25) is 0 Å². The molecule has 2 aromatic carbocycles. The van der Waals surface area contributed by atoms with Crippen LogP contribution in [0.5, 0.6) is 5.75 Å². The van der Waals surface area contributed by atoms with E-state index in [9.17, 15) is 0 Å². The van der Waals surface area contributed by atoms with Crippen LogP contribution in [0.3, 0.4) is 0 Å². The highest BCUT2D eigenvalue weighted by atomic mass is 79.9. The molecule has 0 atom stereocenters. The van der Waals surface area contributed by atoms with E-state index in [0.717, 1.165) is 34.3 Å². The Kier molecular flexibility index (Phi) is 5.07. The molecule has 106 valence electrons. The Hall–Kier alpha value is -1.48. The fourth-order valence-electron chi connectivity index (χ4n) is 2.14. The summed E-state index contributed by atoms with van der Waals surface area (Å²) in [7, 11) is 0. The maximum atomic E-state index is 6.12. The molecular formula is C17H20BrNO. The monoisotopic (exact) mass is 333 g/mol. The highest BCUT2D eigenvalue weighted by Crippen LogP contribution is 2.31. The van der Waals surface area contributed by atoms with Gasteiger partial charge in [0.25, 0.3) is 0 Å². The minimum Gasteiger partial charge on any atom is -0.493 e. The Morgan fingerprint density at radius 2 is 1.70 bits per heavy atom. The van der Waals surface area contributed by atoms with Crippen LogP contribution in [-0.4, -0.2) is 6.61 Å². The molecule has 0 unspecified atom stereocenters. The lowest BCUT2D eigenvalue weighted by Gasteiger charge is -2.12. The fraction of sp³-hybridized carbons (Fsp3) is 0.294. The van der Waals surface area contributed by atoms with Crippen molar-refractivity contribution in [3.63, 3.8) is 0 Å². The lowest BCUT2D eigenvalue weighted by molar-refractivity contribution is 0.338. The number of nitrogens with two attached hydrogens (primary N) is 1. The van der Waals surface area contributed by atoms with Crippen LogP contribution in [0, 0.1) is 0 Å². The number of benzene rings is 2. The second-order valence-electron chi connectivity index (χ2n) is 4.76. The maximum absolute atomic E-state index is 6.12. The van der Waals surface area contributed by atoms with Gasteiger partial charge in [-0.25, -0.2) is 0 Å². The van der Waals surface area contributed by atoms with Gasteiger partial charge in [0, 0.05) is 11.8 Å². The summed E-state index contributed by atoms with van der Waals surface area (Å²) in [6.45, 7) is 4.76. The third-order valence-electron chi connectivity index (χ3n) is 3.32. The number of nitrogen functional groups attached to an aromatic ring is 1. The summed E-state index contributed by atoms with van der Waals surface area (Å²) in [6, 6.07) is 12.6. The number of aryl methyl sites for hydroxylation is 1. The summed E-state index contributed by atoms with van der Waals surface area (Å²) in [6.07, 6.45) is 1.90. The van der Waals surface area contributed by atoms with E-state index in [-0.39, 0.29) is 0 Å². The van der Waals surface area contributed by atoms with Crippen molar-refractivity contribution >= 4 is 21.6 Å². The van der Waals surface area contributed by atoms with E-state index in [1.54, 1.807) is 0 Å². The Morgan fingerprint density at radius 3 is 2.30 bits per heavy atom. The van der Waals surface area contributed by atoms with Crippen molar-refractivity contribution in [2.75, 3.05) is 12.3 Å². The first-order valence-electron chi connectivity index (χ1n) is 6.92. The van der Waals surface area contributed by atoms with Crippen LogP contribution in [-0.2, 0) is 12.8 Å². The molecule has 0 bridgehead atoms. The Morgan fingerprint density at radius 1 is 1.05 bits per heavy atom. The van der Waals surface area contributed by atoms with E-state index in [2.05, 4.69) is 47.1 Å². The molecule has 0 saturated heterocycles. The van der Waals surface area contributed by atoms with Crippen molar-refractivity contribution in [1.82, 2.24) is 0 Å². The predicted molar refractivity (Wildman–Crippen MR) is 88.3 cm³/mol. The van der Waals surface area contributed by atoms with E-state index >= 15 is 0 Å². The van der Waals surface area contributed by atoms with Gasteiger partial charge in [0.2, 0.25) is 0 Å². The van der Waals surface area contributed by atoms with Crippen molar-refractivity contribution < 1.29 is 4.74 Å². The minimum absolute atomic E-state index is 0.635. The van der Waals surface area contributed by atoms with Crippen LogP contribution in [0.25, 0.3) is 0 Å². The van der Waals surface area contributed by atoms with Crippen LogP contribution in [0.2, 0.25) is 0 Å². The zero-order valence-corrected chi connectivity index (χ0v) is 13.5. The van der Waals surface area contributed by atoms with Gasteiger partial charge in [-0.15, -0.1) is 0 Å². The highest BCUT2D eigenvalue weighted by molar-refractivity contribution is 9.10. The van der Waals surface area contributed by atoms with E-state index < -0.39 is 0 Å². The molecule has 0 fully saturated rings. The van der Waals surface area contributed by atoms with Gasteiger partial charge in [-0.2, -0.15) is 0 Å². The minimum atomic E-state index is 0.635. The number of rotatable bonds is 5. The summed E-state index contributed by atoms with van der Waals surface area (Å²) in [5, 5.41) is 0. The first kappa shape index (κ1) is 14.9. The molecule has 0 aliphatic carbocycles. The molecule has 0 saturated carbocycles. The van der Waals surface area contributed by atoms with Crippen molar-refractivity contribution in [2.45, 2.75) is 26.7 Å². The fourth-order valence-corrected chi connectivity index (χ4v) is 2.65. The van der Waals surface area contributed by atoms with E-state index in [4.69, 9.17) is 10.5 Å². The van der Waals surface area contributed by atoms with Gasteiger partial charge >= 0.3 is 0 Å². The molecule has 0 aliphatic rings. The molecule has 2 aromatic rings. The lowest BCUT2D eigenvalue weighted by Crippen LogP contribution is -1.99. The zero-order valence-electron chi connectivity index (χ0n) is 11.9. The molecule has 0 spiro atoms. The van der Waals surface area contributed by atoms with Gasteiger partial charge in [0.1, 0.15) is 5.75 Å². The molecule has 2 rings (SSSR count). The maximum Gasteiger partial charge on any atom is 0.135 e. The molecule has 0 heterocycles. The van der Waals surface area contributed by atoms with Gasteiger partial charge < -0.3 is 10.5 Å². The van der Waals surface area contributed by atoms with Gasteiger partial charge in [-0.1, -0.05) is 31.2 Å². The number of hydrogen-bond donors (Lipinski definition) is 1. The summed E-state index contributed by atoms with van der Waals surface area (Å²) in [5.74, 6) is 0.801. The van der Waals surface area contributed by atoms with Crippen LogP contribution >= 0.6 is 15.9 Å². The smallest absolute Gasteiger partial charge is 0.135 e. The summed E-state index contributed by atoms with van der Waals surface area (Å²) in [5.41, 5.74) is 10.6. The first-order chi connectivity index (χ1) is 9.63. The van der Waals surface area contributed by atoms with E-state index in [0.29, 0.717) is 6.61 Å². The SMILES string of the molecule is CCOc1cc(N)c(Cc2ccc(CC)cc2)cc1Br. The predicted octanol–water partition coefficient (Wildman–Crippen LogP) is 4.58. The molecule has 20 heavy (non-hydrogen) atoms. The topological polar surface area (TPSA) is 35.2 Å². The van der Waals surface area contributed by atoms with Crippen LogP contribution in [0.15, 0.2) is 40.9 Å². The van der Waals surface area contributed by atoms with Gasteiger partial charge in [0.05, 0.1) is 11.1 Å². The number of halogens is 1. The summed E-state index contributed by atoms with van der Waals surface area (Å²) in [4.78, 5) is 0. The van der Waals surface area contributed by atoms with E-state index in [1.165, 1.54) is 11.1 Å². The third-order valence-corrected chi connectivity index (χ3v) is 3.94. The quantitative estimate of drug-likeness (QED) is 0.812. The van der Waals surface area contributed by atoms with E-state index in [1.807, 2.05) is 19.1 Å². The largest absolute Gasteiger partial charge is 0.493 e. The first-order valence-corrected chi connectivity index (χ1v) is 7.71. The molecule has 2 nitrogen and oxygen atoms in total. The second-order valence-corrected chi connectivity index (χ2v) is 5.62. The number of anilines is 1. The number of ether oxygens (including phenoxy) is 1. The van der Waals surface area contributed by atoms with Gasteiger partial charge in [0.15, 0.2) is 0 Å². The summed E-state index contributed by atoms with van der Waals surface area (Å²) >= 11 is 3.54. The Bertz CT molecular complexity index is 578. The molecule has 0 aromatic heterocycles. The molecule has 3 heteroatoms. The molecule has 0 aliphatic heterocycles. The molecule has 0 radical (unpaired) electrons. The normalized spacial score (nSPS) is 10.6. The average Bonchev–Trinajstić information content (AvgIpc) is 2.45. The molecule has 2 N–H and O–H groups in total. The van der Waals surface area contributed by atoms with Crippen molar-refractivity contribution in [3.05, 3.63) is 57.6 Å². The standard InChI is InChI=1S/C17H20BrNO/c1-3-12-5-7-13(8-6-12)9-14-10-15(18)17(20-4-2)11-16(14)19/h5-8,10-11H,3-4,9,19H2,1-2H3. The Balaban J connectivity index is 2.22. The number of hydrogen-bond acceptors (Lipinski definition) is 2. The average molecular weight is 334 g/mol. The third kappa shape index (κ3) is 3.54. The van der Waals surface area contributed by atoms with Crippen molar-refractivity contribution in [1.29, 1.82) is 0 Å².